The minimum Gasteiger partial charge on any atom is -0.378 e. The van der Waals surface area contributed by atoms with Crippen molar-refractivity contribution < 1.29 is 17.9 Å². The Morgan fingerprint density at radius 1 is 1.38 bits per heavy atom. The first kappa shape index (κ1) is 13.4. The Morgan fingerprint density at radius 3 is 2.44 bits per heavy atom. The summed E-state index contributed by atoms with van der Waals surface area (Å²) < 4.78 is 29.1. The van der Waals surface area contributed by atoms with E-state index in [4.69, 9.17) is 4.74 Å². The molecule has 0 aliphatic carbocycles. The highest BCUT2D eigenvalue weighted by molar-refractivity contribution is 7.89. The summed E-state index contributed by atoms with van der Waals surface area (Å²) >= 11 is 0. The molecule has 0 aromatic rings. The average Bonchev–Trinajstić information content (AvgIpc) is 2.30. The van der Waals surface area contributed by atoms with Crippen molar-refractivity contribution in [2.75, 3.05) is 45.6 Å². The van der Waals surface area contributed by atoms with Gasteiger partial charge in [0.25, 0.3) is 0 Å². The lowest BCUT2D eigenvalue weighted by molar-refractivity contribution is -0.135. The van der Waals surface area contributed by atoms with E-state index in [9.17, 15) is 13.2 Å². The predicted molar refractivity (Wildman–Crippen MR) is 59.5 cm³/mol. The summed E-state index contributed by atoms with van der Waals surface area (Å²) in [5.74, 6) is -0.150. The molecular weight excluding hydrogens is 232 g/mol. The number of sulfonamides is 1. The van der Waals surface area contributed by atoms with Gasteiger partial charge in [-0.2, -0.15) is 4.31 Å². The van der Waals surface area contributed by atoms with Crippen molar-refractivity contribution in [1.82, 2.24) is 9.21 Å². The van der Waals surface area contributed by atoms with Crippen LogP contribution in [0.15, 0.2) is 0 Å². The normalized spacial score (nSPS) is 17.8. The van der Waals surface area contributed by atoms with Crippen LogP contribution in [0.2, 0.25) is 0 Å². The third-order valence-corrected chi connectivity index (χ3v) is 4.37. The van der Waals surface area contributed by atoms with Crippen LogP contribution in [0, 0.1) is 0 Å². The zero-order chi connectivity index (χ0) is 12.2. The number of carbonyl (C=O) groups is 1. The number of morpholine rings is 1. The second kappa shape index (κ2) is 5.60. The highest BCUT2D eigenvalue weighted by Crippen LogP contribution is 2.02. The van der Waals surface area contributed by atoms with Crippen LogP contribution in [0.25, 0.3) is 0 Å². The van der Waals surface area contributed by atoms with Crippen molar-refractivity contribution in [1.29, 1.82) is 0 Å². The van der Waals surface area contributed by atoms with Crippen molar-refractivity contribution in [3.05, 3.63) is 0 Å². The number of rotatable bonds is 4. The molecule has 0 bridgehead atoms. The van der Waals surface area contributed by atoms with E-state index in [2.05, 4.69) is 0 Å². The van der Waals surface area contributed by atoms with Gasteiger partial charge >= 0.3 is 0 Å². The highest BCUT2D eigenvalue weighted by atomic mass is 32.2. The molecule has 0 N–H and O–H groups in total. The third kappa shape index (κ3) is 3.43. The molecule has 0 aromatic carbocycles. The Balaban J connectivity index is 2.50. The molecule has 0 saturated carbocycles. The van der Waals surface area contributed by atoms with E-state index in [0.29, 0.717) is 26.3 Å². The van der Waals surface area contributed by atoms with Gasteiger partial charge < -0.3 is 9.64 Å². The molecule has 1 aliphatic heterocycles. The van der Waals surface area contributed by atoms with Crippen LogP contribution in [0.1, 0.15) is 6.92 Å². The molecule has 0 aromatic heterocycles. The van der Waals surface area contributed by atoms with Gasteiger partial charge in [0.1, 0.15) is 0 Å². The molecule has 6 nitrogen and oxygen atoms in total. The lowest BCUT2D eigenvalue weighted by Crippen LogP contribution is -2.46. The molecule has 1 rings (SSSR count). The number of likely N-dealkylation sites (N-methyl/N-ethyl adjacent to an activating group) is 1. The number of carbonyl (C=O) groups excluding carboxylic acids is 1. The van der Waals surface area contributed by atoms with Crippen LogP contribution in [-0.2, 0) is 19.6 Å². The Hall–Kier alpha value is -0.660. The van der Waals surface area contributed by atoms with Crippen LogP contribution in [0.4, 0.5) is 0 Å². The monoisotopic (exact) mass is 250 g/mol. The zero-order valence-electron chi connectivity index (χ0n) is 9.68. The first-order chi connectivity index (χ1) is 7.47. The average molecular weight is 250 g/mol. The first-order valence-corrected chi connectivity index (χ1v) is 6.88. The minimum absolute atomic E-state index is 0.0138. The lowest BCUT2D eigenvalue weighted by atomic mass is 10.4. The smallest absolute Gasteiger partial charge is 0.238 e. The van der Waals surface area contributed by atoms with Crippen molar-refractivity contribution in [2.24, 2.45) is 0 Å². The van der Waals surface area contributed by atoms with Gasteiger partial charge in [-0.1, -0.05) is 0 Å². The predicted octanol–water partition coefficient (Wildman–Crippen LogP) is -0.873. The summed E-state index contributed by atoms with van der Waals surface area (Å²) in [4.78, 5) is 13.4. The molecule has 0 atom stereocenters. The molecule has 1 amide bonds. The molecule has 1 aliphatic rings. The fourth-order valence-corrected chi connectivity index (χ4v) is 2.17. The van der Waals surface area contributed by atoms with Gasteiger partial charge in [-0.05, 0) is 6.92 Å². The summed E-state index contributed by atoms with van der Waals surface area (Å²) in [6.45, 7) is 3.60. The van der Waals surface area contributed by atoms with Crippen molar-refractivity contribution in [3.63, 3.8) is 0 Å². The molecule has 0 spiro atoms. The van der Waals surface area contributed by atoms with Crippen LogP contribution in [-0.4, -0.2) is 69.2 Å². The van der Waals surface area contributed by atoms with Gasteiger partial charge in [0.15, 0.2) is 0 Å². The van der Waals surface area contributed by atoms with E-state index in [-0.39, 0.29) is 18.2 Å². The standard InChI is InChI=1S/C9H18N2O4S/c1-3-16(13,14)10(2)8-9(12)11-4-6-15-7-5-11/h3-8H2,1-2H3. The number of hydrogen-bond acceptors (Lipinski definition) is 4. The van der Waals surface area contributed by atoms with Gasteiger partial charge in [0, 0.05) is 20.1 Å². The zero-order valence-corrected chi connectivity index (χ0v) is 10.5. The number of nitrogens with zero attached hydrogens (tertiary/aromatic N) is 2. The first-order valence-electron chi connectivity index (χ1n) is 5.27. The molecule has 1 fully saturated rings. The van der Waals surface area contributed by atoms with Crippen LogP contribution in [0.3, 0.4) is 0 Å². The van der Waals surface area contributed by atoms with E-state index >= 15 is 0 Å². The third-order valence-electron chi connectivity index (χ3n) is 2.56. The summed E-state index contributed by atoms with van der Waals surface area (Å²) in [5.41, 5.74) is 0. The topological polar surface area (TPSA) is 66.9 Å². The van der Waals surface area contributed by atoms with E-state index in [1.165, 1.54) is 7.05 Å². The lowest BCUT2D eigenvalue weighted by Gasteiger charge is -2.28. The maximum atomic E-state index is 11.7. The van der Waals surface area contributed by atoms with Crippen molar-refractivity contribution >= 4 is 15.9 Å². The van der Waals surface area contributed by atoms with Crippen LogP contribution < -0.4 is 0 Å². The van der Waals surface area contributed by atoms with E-state index in [1.807, 2.05) is 0 Å². The number of amides is 1. The molecule has 7 heteroatoms. The molecule has 94 valence electrons. The maximum Gasteiger partial charge on any atom is 0.238 e. The fourth-order valence-electron chi connectivity index (χ4n) is 1.42. The molecule has 0 radical (unpaired) electrons. The quantitative estimate of drug-likeness (QED) is 0.650. The van der Waals surface area contributed by atoms with Gasteiger partial charge in [0.05, 0.1) is 25.5 Å². The highest BCUT2D eigenvalue weighted by Gasteiger charge is 2.22. The molecule has 16 heavy (non-hydrogen) atoms. The molecular formula is C9H18N2O4S. The van der Waals surface area contributed by atoms with Crippen LogP contribution >= 0.6 is 0 Å². The van der Waals surface area contributed by atoms with Gasteiger partial charge in [0.2, 0.25) is 15.9 Å². The SMILES string of the molecule is CCS(=O)(=O)N(C)CC(=O)N1CCOCC1. The van der Waals surface area contributed by atoms with Crippen molar-refractivity contribution in [2.45, 2.75) is 6.92 Å². The Kier molecular flexibility index (Phi) is 4.69. The van der Waals surface area contributed by atoms with E-state index < -0.39 is 10.0 Å². The molecule has 0 unspecified atom stereocenters. The van der Waals surface area contributed by atoms with Gasteiger partial charge in [-0.25, -0.2) is 8.42 Å². The Morgan fingerprint density at radius 2 is 1.94 bits per heavy atom. The Bertz CT molecular complexity index is 335. The van der Waals surface area contributed by atoms with Crippen LogP contribution in [0.5, 0.6) is 0 Å². The maximum absolute atomic E-state index is 11.7. The summed E-state index contributed by atoms with van der Waals surface area (Å²) in [6.07, 6.45) is 0. The molecule has 1 heterocycles. The fraction of sp³-hybridized carbons (Fsp3) is 0.889. The molecule has 1 saturated heterocycles. The second-order valence-electron chi connectivity index (χ2n) is 3.65. The largest absolute Gasteiger partial charge is 0.378 e. The van der Waals surface area contributed by atoms with Gasteiger partial charge in [-0.15, -0.1) is 0 Å². The van der Waals surface area contributed by atoms with Gasteiger partial charge in [-0.3, -0.25) is 4.79 Å². The number of hydrogen-bond donors (Lipinski definition) is 0. The van der Waals surface area contributed by atoms with E-state index in [1.54, 1.807) is 11.8 Å². The minimum atomic E-state index is -3.28. The summed E-state index contributed by atoms with van der Waals surface area (Å²) in [5, 5.41) is 0. The number of ether oxygens (including phenoxy) is 1. The van der Waals surface area contributed by atoms with Crippen molar-refractivity contribution in [3.8, 4) is 0 Å². The second-order valence-corrected chi connectivity index (χ2v) is 6.01. The Labute approximate surface area is 96.2 Å². The van der Waals surface area contributed by atoms with E-state index in [0.717, 1.165) is 4.31 Å². The summed E-state index contributed by atoms with van der Waals surface area (Å²) in [7, 11) is -1.85. The summed E-state index contributed by atoms with van der Waals surface area (Å²) in [6, 6.07) is 0.